The molecule has 1 aromatic rings. The summed E-state index contributed by atoms with van der Waals surface area (Å²) in [5.41, 5.74) is -0.203. The molecule has 1 unspecified atom stereocenters. The highest BCUT2D eigenvalue weighted by Crippen LogP contribution is 2.31. The average molecular weight is 387 g/mol. The van der Waals surface area contributed by atoms with Gasteiger partial charge >= 0.3 is 0 Å². The van der Waals surface area contributed by atoms with Crippen LogP contribution in [0.15, 0.2) is 12.1 Å². The minimum absolute atomic E-state index is 0.00474. The van der Waals surface area contributed by atoms with Gasteiger partial charge in [0.05, 0.1) is 5.60 Å². The molecule has 1 aromatic carbocycles. The van der Waals surface area contributed by atoms with Gasteiger partial charge in [-0.3, -0.25) is 0 Å². The maximum atomic E-state index is 13.7. The largest absolute Gasteiger partial charge is 0.379 e. The topological polar surface area (TPSA) is 9.23 Å². The molecule has 0 spiro atoms. The predicted molar refractivity (Wildman–Crippen MR) is 106 cm³/mol. The molecule has 1 atom stereocenters. The standard InChI is InChI=1S/C23H37F3O/c1-5-6-7-8-9-10-13-18(23(2,3)27-4)14-11-12-15-20-21(25)16-19(24)17-22(20)26/h16-18H,5-15H2,1-4H3. The normalized spacial score (nSPS) is 13.1. The van der Waals surface area contributed by atoms with E-state index in [0.717, 1.165) is 31.4 Å². The van der Waals surface area contributed by atoms with Gasteiger partial charge in [-0.2, -0.15) is 0 Å². The van der Waals surface area contributed by atoms with E-state index in [1.54, 1.807) is 7.11 Å². The van der Waals surface area contributed by atoms with Crippen LogP contribution in [-0.2, 0) is 11.2 Å². The summed E-state index contributed by atoms with van der Waals surface area (Å²) in [5, 5.41) is 0. The molecule has 0 saturated heterocycles. The first-order chi connectivity index (χ1) is 12.8. The van der Waals surface area contributed by atoms with Crippen LogP contribution in [0.3, 0.4) is 0 Å². The van der Waals surface area contributed by atoms with Gasteiger partial charge in [-0.25, -0.2) is 13.2 Å². The Kier molecular flexibility index (Phi) is 11.1. The molecule has 0 amide bonds. The van der Waals surface area contributed by atoms with E-state index >= 15 is 0 Å². The van der Waals surface area contributed by atoms with E-state index in [1.807, 2.05) is 0 Å². The van der Waals surface area contributed by atoms with Crippen LogP contribution in [0.25, 0.3) is 0 Å². The van der Waals surface area contributed by atoms with Crippen LogP contribution in [0.5, 0.6) is 0 Å². The van der Waals surface area contributed by atoms with Crippen molar-refractivity contribution in [1.29, 1.82) is 0 Å². The summed E-state index contributed by atoms with van der Waals surface area (Å²) in [4.78, 5) is 0. The molecule has 0 aliphatic carbocycles. The Morgan fingerprint density at radius 3 is 1.93 bits per heavy atom. The molecule has 27 heavy (non-hydrogen) atoms. The van der Waals surface area contributed by atoms with Crippen LogP contribution < -0.4 is 0 Å². The molecule has 0 fully saturated rings. The number of halogens is 3. The Labute approximate surface area is 163 Å². The molecule has 1 nitrogen and oxygen atoms in total. The van der Waals surface area contributed by atoms with Crippen molar-refractivity contribution in [3.8, 4) is 0 Å². The van der Waals surface area contributed by atoms with E-state index in [-0.39, 0.29) is 11.2 Å². The number of unbranched alkanes of at least 4 members (excludes halogenated alkanes) is 6. The Morgan fingerprint density at radius 2 is 1.37 bits per heavy atom. The minimum Gasteiger partial charge on any atom is -0.379 e. The smallest absolute Gasteiger partial charge is 0.132 e. The van der Waals surface area contributed by atoms with Gasteiger partial charge in [0.2, 0.25) is 0 Å². The fourth-order valence-corrected chi connectivity index (χ4v) is 3.68. The molecule has 0 bridgehead atoms. The van der Waals surface area contributed by atoms with Crippen molar-refractivity contribution in [2.24, 2.45) is 5.92 Å². The van der Waals surface area contributed by atoms with Crippen LogP contribution in [-0.4, -0.2) is 12.7 Å². The van der Waals surface area contributed by atoms with Crippen molar-refractivity contribution < 1.29 is 17.9 Å². The lowest BCUT2D eigenvalue weighted by molar-refractivity contribution is -0.0352. The van der Waals surface area contributed by atoms with Gasteiger partial charge in [0.15, 0.2) is 0 Å². The third-order valence-corrected chi connectivity index (χ3v) is 5.75. The second-order valence-corrected chi connectivity index (χ2v) is 8.15. The van der Waals surface area contributed by atoms with Gasteiger partial charge in [0, 0.05) is 24.8 Å². The van der Waals surface area contributed by atoms with E-state index in [4.69, 9.17) is 4.74 Å². The van der Waals surface area contributed by atoms with Crippen molar-refractivity contribution in [2.45, 2.75) is 97.0 Å². The molecule has 4 heteroatoms. The van der Waals surface area contributed by atoms with Gasteiger partial charge in [-0.1, -0.05) is 51.9 Å². The third-order valence-electron chi connectivity index (χ3n) is 5.75. The molecule has 0 aliphatic heterocycles. The molecule has 0 saturated carbocycles. The summed E-state index contributed by atoms with van der Waals surface area (Å²) in [6, 6.07) is 1.52. The number of hydrogen-bond acceptors (Lipinski definition) is 1. The number of hydrogen-bond donors (Lipinski definition) is 0. The first kappa shape index (κ1) is 24.0. The summed E-state index contributed by atoms with van der Waals surface area (Å²) in [5.74, 6) is -2.01. The lowest BCUT2D eigenvalue weighted by atomic mass is 9.82. The fourth-order valence-electron chi connectivity index (χ4n) is 3.68. The highest BCUT2D eigenvalue weighted by molar-refractivity contribution is 5.20. The summed E-state index contributed by atoms with van der Waals surface area (Å²) >= 11 is 0. The lowest BCUT2D eigenvalue weighted by Gasteiger charge is -2.33. The maximum Gasteiger partial charge on any atom is 0.132 e. The lowest BCUT2D eigenvalue weighted by Crippen LogP contribution is -2.33. The Bertz CT molecular complexity index is 519. The fraction of sp³-hybridized carbons (Fsp3) is 0.739. The summed E-state index contributed by atoms with van der Waals surface area (Å²) in [6.45, 7) is 6.46. The quantitative estimate of drug-likeness (QED) is 0.299. The Balaban J connectivity index is 2.45. The van der Waals surface area contributed by atoms with E-state index < -0.39 is 17.5 Å². The molecule has 0 radical (unpaired) electrons. The zero-order valence-electron chi connectivity index (χ0n) is 17.6. The number of rotatable bonds is 14. The first-order valence-electron chi connectivity index (χ1n) is 10.5. The van der Waals surface area contributed by atoms with Gasteiger partial charge in [-0.15, -0.1) is 0 Å². The summed E-state index contributed by atoms with van der Waals surface area (Å²) in [7, 11) is 1.75. The summed E-state index contributed by atoms with van der Waals surface area (Å²) < 4.78 is 46.2. The Hall–Kier alpha value is -1.03. The number of ether oxygens (including phenoxy) is 1. The monoisotopic (exact) mass is 386 g/mol. The molecular weight excluding hydrogens is 349 g/mol. The Morgan fingerprint density at radius 1 is 0.852 bits per heavy atom. The van der Waals surface area contributed by atoms with Crippen molar-refractivity contribution in [3.63, 3.8) is 0 Å². The van der Waals surface area contributed by atoms with Crippen molar-refractivity contribution >= 4 is 0 Å². The molecule has 1 rings (SSSR count). The molecule has 0 aliphatic rings. The first-order valence-corrected chi connectivity index (χ1v) is 10.5. The highest BCUT2D eigenvalue weighted by Gasteiger charge is 2.28. The van der Waals surface area contributed by atoms with Crippen LogP contribution in [0.1, 0.15) is 90.5 Å². The van der Waals surface area contributed by atoms with Crippen molar-refractivity contribution in [1.82, 2.24) is 0 Å². The number of benzene rings is 1. The zero-order chi connectivity index (χ0) is 20.3. The van der Waals surface area contributed by atoms with E-state index in [2.05, 4.69) is 20.8 Å². The van der Waals surface area contributed by atoms with Crippen molar-refractivity contribution in [2.75, 3.05) is 7.11 Å². The molecule has 0 heterocycles. The predicted octanol–water partition coefficient (Wildman–Crippen LogP) is 7.61. The minimum atomic E-state index is -0.866. The molecule has 156 valence electrons. The second kappa shape index (κ2) is 12.4. The zero-order valence-corrected chi connectivity index (χ0v) is 17.6. The van der Waals surface area contributed by atoms with Crippen molar-refractivity contribution in [3.05, 3.63) is 35.1 Å². The van der Waals surface area contributed by atoms with E-state index in [1.165, 1.54) is 38.5 Å². The second-order valence-electron chi connectivity index (χ2n) is 8.15. The SMILES string of the molecule is CCCCCCCCC(CCCCc1c(F)cc(F)cc1F)C(C)(C)OC. The number of methoxy groups -OCH3 is 1. The van der Waals surface area contributed by atoms with Gasteiger partial charge < -0.3 is 4.74 Å². The van der Waals surface area contributed by atoms with Crippen LogP contribution in [0.2, 0.25) is 0 Å². The van der Waals surface area contributed by atoms with Crippen LogP contribution in [0, 0.1) is 23.4 Å². The average Bonchev–Trinajstić information content (AvgIpc) is 2.61. The molecular formula is C23H37F3O. The maximum absolute atomic E-state index is 13.7. The van der Waals surface area contributed by atoms with E-state index in [0.29, 0.717) is 18.8 Å². The third kappa shape index (κ3) is 8.68. The van der Waals surface area contributed by atoms with Gasteiger partial charge in [-0.05, 0) is 45.4 Å². The molecule has 0 aromatic heterocycles. The van der Waals surface area contributed by atoms with Gasteiger partial charge in [0.1, 0.15) is 17.5 Å². The summed E-state index contributed by atoms with van der Waals surface area (Å²) in [6.07, 6.45) is 11.6. The van der Waals surface area contributed by atoms with E-state index in [9.17, 15) is 13.2 Å². The molecule has 0 N–H and O–H groups in total. The van der Waals surface area contributed by atoms with Gasteiger partial charge in [0.25, 0.3) is 0 Å². The van der Waals surface area contributed by atoms with Crippen LogP contribution >= 0.6 is 0 Å². The highest BCUT2D eigenvalue weighted by atomic mass is 19.1. The van der Waals surface area contributed by atoms with Crippen LogP contribution in [0.4, 0.5) is 13.2 Å².